The monoisotopic (exact) mass is 497 g/mol. The topological polar surface area (TPSA) is 64.6 Å². The molecule has 0 saturated carbocycles. The fourth-order valence-electron chi connectivity index (χ4n) is 2.32. The number of rotatable bonds is 8. The molecule has 2 rings (SSSR count). The number of halogens is 2. The van der Waals surface area contributed by atoms with E-state index in [1.54, 1.807) is 0 Å². The van der Waals surface area contributed by atoms with Crippen LogP contribution in [0.1, 0.15) is 24.0 Å². The molecule has 5 nitrogen and oxygen atoms in total. The molecule has 2 aromatic carbocycles. The smallest absolute Gasteiger partial charge is 0.306 e. The second-order valence-electron chi connectivity index (χ2n) is 6.08. The summed E-state index contributed by atoms with van der Waals surface area (Å²) in [7, 11) is 0. The van der Waals surface area contributed by atoms with Crippen molar-refractivity contribution in [3.8, 4) is 5.75 Å². The van der Waals surface area contributed by atoms with Gasteiger partial charge in [-0.3, -0.25) is 9.59 Å². The zero-order chi connectivity index (χ0) is 19.8. The lowest BCUT2D eigenvalue weighted by Crippen LogP contribution is -2.21. The Hall–Kier alpha value is -1.86. The predicted octanol–water partition coefficient (Wildman–Crippen LogP) is 5.17. The molecule has 2 aromatic rings. The van der Waals surface area contributed by atoms with E-state index in [1.807, 2.05) is 50.2 Å². The van der Waals surface area contributed by atoms with Gasteiger partial charge in [-0.1, -0.05) is 12.1 Å². The minimum atomic E-state index is -0.431. The second kappa shape index (κ2) is 10.5. The number of aryl methyl sites for hydroxylation is 2. The Bertz CT molecular complexity index is 800. The minimum absolute atomic E-state index is 0.191. The molecule has 0 aliphatic heterocycles. The maximum atomic E-state index is 12.0. The normalized spacial score (nSPS) is 10.4. The summed E-state index contributed by atoms with van der Waals surface area (Å²) in [5.74, 6) is -0.0540. The third kappa shape index (κ3) is 7.34. The lowest BCUT2D eigenvalue weighted by atomic mass is 10.2. The molecule has 7 heteroatoms. The summed E-state index contributed by atoms with van der Waals surface area (Å²) >= 11 is 6.81. The fraction of sp³-hybridized carbons (Fsp3) is 0.300. The Balaban J connectivity index is 1.68. The van der Waals surface area contributed by atoms with Crippen molar-refractivity contribution in [2.45, 2.75) is 26.7 Å². The molecule has 0 aliphatic rings. The van der Waals surface area contributed by atoms with Crippen LogP contribution in [0, 0.1) is 13.8 Å². The van der Waals surface area contributed by atoms with Crippen LogP contribution in [0.2, 0.25) is 0 Å². The fourth-order valence-corrected chi connectivity index (χ4v) is 3.94. The first kappa shape index (κ1) is 21.4. The van der Waals surface area contributed by atoms with Gasteiger partial charge in [0.15, 0.2) is 6.61 Å². The molecule has 1 N–H and O–H groups in total. The summed E-state index contributed by atoms with van der Waals surface area (Å²) in [4.78, 5) is 23.8. The molecule has 144 valence electrons. The molecular formula is C20H21Br2NO4. The van der Waals surface area contributed by atoms with Crippen molar-refractivity contribution in [3.63, 3.8) is 0 Å². The van der Waals surface area contributed by atoms with E-state index in [0.29, 0.717) is 18.7 Å². The van der Waals surface area contributed by atoms with Crippen LogP contribution in [0.25, 0.3) is 0 Å². The summed E-state index contributed by atoms with van der Waals surface area (Å²) in [6, 6.07) is 11.5. The molecular weight excluding hydrogens is 478 g/mol. The standard InChI is InChI=1S/C20H21Br2NO4/c1-13-5-3-6-15(9-13)26-8-4-7-19(25)27-12-18(24)23-20-16(21)10-14(2)11-17(20)22/h3,5-6,9-11H,4,7-8,12H2,1-2H3,(H,23,24). The van der Waals surface area contributed by atoms with Crippen LogP contribution in [0.5, 0.6) is 5.75 Å². The Kier molecular flexibility index (Phi) is 8.31. The first-order valence-corrected chi connectivity index (χ1v) is 10.0. The van der Waals surface area contributed by atoms with Crippen LogP contribution in [-0.4, -0.2) is 25.1 Å². The van der Waals surface area contributed by atoms with Crippen molar-refractivity contribution < 1.29 is 19.1 Å². The number of carbonyl (C=O) groups is 2. The molecule has 0 saturated heterocycles. The summed E-state index contributed by atoms with van der Waals surface area (Å²) in [5.41, 5.74) is 2.77. The number of nitrogens with one attached hydrogen (secondary N) is 1. The first-order valence-electron chi connectivity index (χ1n) is 8.45. The van der Waals surface area contributed by atoms with Crippen LogP contribution in [0.4, 0.5) is 5.69 Å². The third-order valence-electron chi connectivity index (χ3n) is 3.60. The summed E-state index contributed by atoms with van der Waals surface area (Å²) < 4.78 is 12.1. The van der Waals surface area contributed by atoms with Gasteiger partial charge >= 0.3 is 5.97 Å². The number of benzene rings is 2. The van der Waals surface area contributed by atoms with Gasteiger partial charge in [0.2, 0.25) is 0 Å². The van der Waals surface area contributed by atoms with Gasteiger partial charge in [0.1, 0.15) is 5.75 Å². The number of hydrogen-bond acceptors (Lipinski definition) is 4. The number of ether oxygens (including phenoxy) is 2. The minimum Gasteiger partial charge on any atom is -0.494 e. The van der Waals surface area contributed by atoms with E-state index in [2.05, 4.69) is 37.2 Å². The van der Waals surface area contributed by atoms with Crippen LogP contribution in [0.3, 0.4) is 0 Å². The van der Waals surface area contributed by atoms with E-state index in [1.165, 1.54) is 0 Å². The molecule has 0 unspecified atom stereocenters. The van der Waals surface area contributed by atoms with E-state index in [9.17, 15) is 9.59 Å². The molecule has 0 bridgehead atoms. The molecule has 27 heavy (non-hydrogen) atoms. The van der Waals surface area contributed by atoms with Crippen LogP contribution in [0.15, 0.2) is 45.3 Å². The molecule has 0 heterocycles. The highest BCUT2D eigenvalue weighted by atomic mass is 79.9. The molecule has 0 radical (unpaired) electrons. The Morgan fingerprint density at radius 3 is 2.41 bits per heavy atom. The lowest BCUT2D eigenvalue weighted by molar-refractivity contribution is -0.147. The average molecular weight is 499 g/mol. The Labute approximate surface area is 175 Å². The van der Waals surface area contributed by atoms with Gasteiger partial charge in [0, 0.05) is 15.4 Å². The third-order valence-corrected chi connectivity index (χ3v) is 4.85. The van der Waals surface area contributed by atoms with E-state index < -0.39 is 11.9 Å². The van der Waals surface area contributed by atoms with Gasteiger partial charge in [-0.15, -0.1) is 0 Å². The molecule has 0 spiro atoms. The number of amides is 1. The van der Waals surface area contributed by atoms with Crippen molar-refractivity contribution >= 4 is 49.4 Å². The Morgan fingerprint density at radius 1 is 1.04 bits per heavy atom. The van der Waals surface area contributed by atoms with Crippen molar-refractivity contribution in [2.24, 2.45) is 0 Å². The quantitative estimate of drug-likeness (QED) is 0.402. The first-order chi connectivity index (χ1) is 12.8. The summed E-state index contributed by atoms with van der Waals surface area (Å²) in [6.45, 7) is 4.02. The van der Waals surface area contributed by atoms with E-state index >= 15 is 0 Å². The molecule has 1 amide bonds. The van der Waals surface area contributed by atoms with Crippen molar-refractivity contribution in [1.29, 1.82) is 0 Å². The highest BCUT2D eigenvalue weighted by Crippen LogP contribution is 2.32. The zero-order valence-electron chi connectivity index (χ0n) is 15.2. The maximum absolute atomic E-state index is 12.0. The highest BCUT2D eigenvalue weighted by molar-refractivity contribution is 9.11. The highest BCUT2D eigenvalue weighted by Gasteiger charge is 2.12. The largest absolute Gasteiger partial charge is 0.494 e. The molecule has 0 aliphatic carbocycles. The van der Waals surface area contributed by atoms with Gasteiger partial charge in [-0.25, -0.2) is 0 Å². The maximum Gasteiger partial charge on any atom is 0.306 e. The number of hydrogen-bond donors (Lipinski definition) is 1. The van der Waals surface area contributed by atoms with Crippen LogP contribution >= 0.6 is 31.9 Å². The van der Waals surface area contributed by atoms with Gasteiger partial charge in [-0.05, 0) is 87.5 Å². The van der Waals surface area contributed by atoms with Crippen molar-refractivity contribution in [1.82, 2.24) is 0 Å². The molecule has 0 aromatic heterocycles. The van der Waals surface area contributed by atoms with E-state index in [0.717, 1.165) is 25.8 Å². The second-order valence-corrected chi connectivity index (χ2v) is 7.79. The van der Waals surface area contributed by atoms with E-state index in [-0.39, 0.29) is 13.0 Å². The number of anilines is 1. The van der Waals surface area contributed by atoms with Gasteiger partial charge < -0.3 is 14.8 Å². The molecule has 0 atom stereocenters. The summed E-state index contributed by atoms with van der Waals surface area (Å²) in [5, 5.41) is 2.72. The van der Waals surface area contributed by atoms with Crippen LogP contribution < -0.4 is 10.1 Å². The summed E-state index contributed by atoms with van der Waals surface area (Å²) in [6.07, 6.45) is 0.709. The predicted molar refractivity (Wildman–Crippen MR) is 112 cm³/mol. The van der Waals surface area contributed by atoms with Crippen molar-refractivity contribution in [2.75, 3.05) is 18.5 Å². The van der Waals surface area contributed by atoms with Crippen molar-refractivity contribution in [3.05, 3.63) is 56.5 Å². The van der Waals surface area contributed by atoms with Gasteiger partial charge in [-0.2, -0.15) is 0 Å². The number of esters is 1. The van der Waals surface area contributed by atoms with Gasteiger partial charge in [0.25, 0.3) is 5.91 Å². The van der Waals surface area contributed by atoms with Gasteiger partial charge in [0.05, 0.1) is 12.3 Å². The zero-order valence-corrected chi connectivity index (χ0v) is 18.4. The lowest BCUT2D eigenvalue weighted by Gasteiger charge is -2.11. The Morgan fingerprint density at radius 2 is 1.74 bits per heavy atom. The number of carbonyl (C=O) groups excluding carboxylic acids is 2. The average Bonchev–Trinajstić information content (AvgIpc) is 2.60. The van der Waals surface area contributed by atoms with Crippen LogP contribution in [-0.2, 0) is 14.3 Å². The SMILES string of the molecule is Cc1cccc(OCCCC(=O)OCC(=O)Nc2c(Br)cc(C)cc2Br)c1. The molecule has 0 fully saturated rings. The van der Waals surface area contributed by atoms with E-state index in [4.69, 9.17) is 9.47 Å².